The number of aliphatic carboxylic acids is 1. The van der Waals surface area contributed by atoms with E-state index in [4.69, 9.17) is 14.6 Å². The lowest BCUT2D eigenvalue weighted by atomic mass is 9.91. The molecule has 0 radical (unpaired) electrons. The SMILES string of the molecule is O=C(NC1CC1)[C@@H]1C[C@@H]2CCN(Cc3ccsc3)C[C@H]2O1.O=C(O)C(F)(F)F. The first-order chi connectivity index (χ1) is 13.2. The molecule has 1 amide bonds. The third-order valence-corrected chi connectivity index (χ3v) is 5.81. The molecule has 6 nitrogen and oxygen atoms in total. The molecule has 1 saturated carbocycles. The van der Waals surface area contributed by atoms with E-state index in [1.807, 2.05) is 0 Å². The van der Waals surface area contributed by atoms with E-state index < -0.39 is 12.1 Å². The predicted molar refractivity (Wildman–Crippen MR) is 95.8 cm³/mol. The van der Waals surface area contributed by atoms with E-state index in [2.05, 4.69) is 27.0 Å². The monoisotopic (exact) mass is 420 g/mol. The Bertz CT molecular complexity index is 679. The number of amides is 1. The number of nitrogens with one attached hydrogen (secondary N) is 1. The summed E-state index contributed by atoms with van der Waals surface area (Å²) in [6.07, 6.45) is -0.703. The van der Waals surface area contributed by atoms with Crippen LogP contribution in [0.15, 0.2) is 16.8 Å². The Kier molecular flexibility index (Phi) is 6.61. The fourth-order valence-electron chi connectivity index (χ4n) is 3.47. The first kappa shape index (κ1) is 21.1. The van der Waals surface area contributed by atoms with E-state index in [0.717, 1.165) is 45.3 Å². The van der Waals surface area contributed by atoms with E-state index in [1.54, 1.807) is 11.3 Å². The number of ether oxygens (including phenoxy) is 1. The molecule has 2 aliphatic heterocycles. The topological polar surface area (TPSA) is 78.9 Å². The number of fused-ring (bicyclic) bond motifs is 1. The number of alkyl halides is 3. The van der Waals surface area contributed by atoms with Gasteiger partial charge in [0.25, 0.3) is 0 Å². The summed E-state index contributed by atoms with van der Waals surface area (Å²) < 4.78 is 37.8. The van der Waals surface area contributed by atoms with Gasteiger partial charge >= 0.3 is 12.1 Å². The molecule has 1 aromatic rings. The van der Waals surface area contributed by atoms with Crippen molar-refractivity contribution in [3.8, 4) is 0 Å². The Balaban J connectivity index is 0.000000279. The van der Waals surface area contributed by atoms with E-state index in [0.29, 0.717) is 12.0 Å². The van der Waals surface area contributed by atoms with Gasteiger partial charge in [0.05, 0.1) is 6.10 Å². The van der Waals surface area contributed by atoms with Crippen LogP contribution in [0.5, 0.6) is 0 Å². The summed E-state index contributed by atoms with van der Waals surface area (Å²) >= 11 is 1.75. The van der Waals surface area contributed by atoms with Crippen molar-refractivity contribution in [2.24, 2.45) is 5.92 Å². The highest BCUT2D eigenvalue weighted by Crippen LogP contribution is 2.34. The maximum Gasteiger partial charge on any atom is 0.490 e. The van der Waals surface area contributed by atoms with E-state index in [1.165, 1.54) is 5.56 Å². The number of carbonyl (C=O) groups is 2. The molecule has 0 unspecified atom stereocenters. The maximum absolute atomic E-state index is 12.1. The minimum atomic E-state index is -5.08. The van der Waals surface area contributed by atoms with Crippen molar-refractivity contribution < 1.29 is 32.6 Å². The molecule has 28 heavy (non-hydrogen) atoms. The quantitative estimate of drug-likeness (QED) is 0.783. The summed E-state index contributed by atoms with van der Waals surface area (Å²) in [4.78, 5) is 23.5. The second-order valence-corrected chi connectivity index (χ2v) is 8.18. The van der Waals surface area contributed by atoms with Crippen molar-refractivity contribution in [2.75, 3.05) is 13.1 Å². The molecule has 1 aromatic heterocycles. The number of carboxylic acid groups (broad SMARTS) is 1. The lowest BCUT2D eigenvalue weighted by Gasteiger charge is -2.33. The van der Waals surface area contributed by atoms with Gasteiger partial charge in [-0.05, 0) is 60.5 Å². The van der Waals surface area contributed by atoms with Crippen molar-refractivity contribution in [1.29, 1.82) is 0 Å². The average Bonchev–Trinajstić information content (AvgIpc) is 3.11. The molecule has 0 bridgehead atoms. The minimum absolute atomic E-state index is 0.122. The number of rotatable bonds is 4. The Morgan fingerprint density at radius 1 is 1.32 bits per heavy atom. The van der Waals surface area contributed by atoms with Crippen molar-refractivity contribution in [1.82, 2.24) is 10.2 Å². The molecule has 3 fully saturated rings. The highest BCUT2D eigenvalue weighted by atomic mass is 32.1. The van der Waals surface area contributed by atoms with Gasteiger partial charge in [-0.15, -0.1) is 0 Å². The molecular formula is C18H23F3N2O4S. The van der Waals surface area contributed by atoms with Crippen LogP contribution in [-0.2, 0) is 20.9 Å². The van der Waals surface area contributed by atoms with Crippen molar-refractivity contribution >= 4 is 23.2 Å². The van der Waals surface area contributed by atoms with Gasteiger partial charge in [0.1, 0.15) is 6.10 Å². The number of carbonyl (C=O) groups excluding carboxylic acids is 1. The van der Waals surface area contributed by atoms with E-state index >= 15 is 0 Å². The lowest BCUT2D eigenvalue weighted by molar-refractivity contribution is -0.192. The van der Waals surface area contributed by atoms with Gasteiger partial charge in [-0.2, -0.15) is 24.5 Å². The molecule has 3 atom stereocenters. The number of hydrogen-bond donors (Lipinski definition) is 2. The highest BCUT2D eigenvalue weighted by Gasteiger charge is 2.42. The number of piperidine rings is 1. The summed E-state index contributed by atoms with van der Waals surface area (Å²) in [5.74, 6) is -2.07. The van der Waals surface area contributed by atoms with Crippen molar-refractivity contribution in [3.05, 3.63) is 22.4 Å². The van der Waals surface area contributed by atoms with E-state index in [9.17, 15) is 18.0 Å². The summed E-state index contributed by atoms with van der Waals surface area (Å²) in [6, 6.07) is 2.62. The van der Waals surface area contributed by atoms with Gasteiger partial charge in [0, 0.05) is 19.1 Å². The van der Waals surface area contributed by atoms with Crippen LogP contribution >= 0.6 is 11.3 Å². The average molecular weight is 420 g/mol. The van der Waals surface area contributed by atoms with Gasteiger partial charge in [0.15, 0.2) is 0 Å². The molecule has 2 N–H and O–H groups in total. The van der Waals surface area contributed by atoms with Crippen LogP contribution in [0.1, 0.15) is 31.2 Å². The van der Waals surface area contributed by atoms with Crippen LogP contribution in [0.3, 0.4) is 0 Å². The second-order valence-electron chi connectivity index (χ2n) is 7.40. The number of likely N-dealkylation sites (tertiary alicyclic amines) is 1. The Morgan fingerprint density at radius 2 is 2.04 bits per heavy atom. The molecule has 0 aromatic carbocycles. The molecule has 10 heteroatoms. The van der Waals surface area contributed by atoms with Crippen molar-refractivity contribution in [3.63, 3.8) is 0 Å². The van der Waals surface area contributed by atoms with Crippen LogP contribution in [0.2, 0.25) is 0 Å². The molecule has 4 rings (SSSR count). The van der Waals surface area contributed by atoms with Gasteiger partial charge in [-0.3, -0.25) is 9.69 Å². The fourth-order valence-corrected chi connectivity index (χ4v) is 4.13. The number of halogens is 3. The molecule has 156 valence electrons. The van der Waals surface area contributed by atoms with Gasteiger partial charge in [0.2, 0.25) is 5.91 Å². The summed E-state index contributed by atoms with van der Waals surface area (Å²) in [7, 11) is 0. The van der Waals surface area contributed by atoms with E-state index in [-0.39, 0.29) is 18.1 Å². The minimum Gasteiger partial charge on any atom is -0.475 e. The molecular weight excluding hydrogens is 397 g/mol. The zero-order chi connectivity index (χ0) is 20.3. The van der Waals surface area contributed by atoms with Gasteiger partial charge in [-0.25, -0.2) is 4.79 Å². The highest BCUT2D eigenvalue weighted by molar-refractivity contribution is 7.07. The number of hydrogen-bond acceptors (Lipinski definition) is 5. The standard InChI is InChI=1S/C16H22N2O2S.C2HF3O2/c19-16(17-13-1-2-13)14-7-12-3-5-18(9-15(12)20-14)8-11-4-6-21-10-11;3-2(4,5)1(6)7/h4,6,10,12-15H,1-3,5,7-9H2,(H,17,19);(H,6,7)/t12-,14-,15+;/m0./s1. The van der Waals surface area contributed by atoms with Gasteiger partial charge < -0.3 is 15.2 Å². The number of thiophene rings is 1. The number of carboxylic acids is 1. The second kappa shape index (κ2) is 8.79. The first-order valence-corrected chi connectivity index (χ1v) is 10.2. The lowest BCUT2D eigenvalue weighted by Crippen LogP contribution is -2.42. The van der Waals surface area contributed by atoms with Crippen LogP contribution in [0.4, 0.5) is 13.2 Å². The zero-order valence-electron chi connectivity index (χ0n) is 15.2. The van der Waals surface area contributed by atoms with Crippen molar-refractivity contribution in [2.45, 2.75) is 56.7 Å². The van der Waals surface area contributed by atoms with Crippen LogP contribution in [0, 0.1) is 5.92 Å². The molecule has 3 heterocycles. The summed E-state index contributed by atoms with van der Waals surface area (Å²) in [6.45, 7) is 3.10. The maximum atomic E-state index is 12.1. The Labute approximate surface area is 164 Å². The van der Waals surface area contributed by atoms with Crippen LogP contribution in [0.25, 0.3) is 0 Å². The Morgan fingerprint density at radius 3 is 2.61 bits per heavy atom. The largest absolute Gasteiger partial charge is 0.490 e. The molecule has 0 spiro atoms. The predicted octanol–water partition coefficient (Wildman–Crippen LogP) is 2.64. The first-order valence-electron chi connectivity index (χ1n) is 9.21. The molecule has 1 aliphatic carbocycles. The third kappa shape index (κ3) is 5.92. The zero-order valence-corrected chi connectivity index (χ0v) is 16.0. The van der Waals surface area contributed by atoms with Crippen LogP contribution in [-0.4, -0.2) is 59.4 Å². The molecule has 3 aliphatic rings. The Hall–Kier alpha value is -1.65. The third-order valence-electron chi connectivity index (χ3n) is 5.08. The summed E-state index contributed by atoms with van der Waals surface area (Å²) in [5.41, 5.74) is 1.39. The molecule has 2 saturated heterocycles. The smallest absolute Gasteiger partial charge is 0.475 e. The van der Waals surface area contributed by atoms with Crippen LogP contribution < -0.4 is 5.32 Å². The fraction of sp³-hybridized carbons (Fsp3) is 0.667. The normalized spacial score (nSPS) is 27.5. The van der Waals surface area contributed by atoms with Gasteiger partial charge in [-0.1, -0.05) is 0 Å². The summed E-state index contributed by atoms with van der Waals surface area (Å²) in [5, 5.41) is 14.5. The number of nitrogens with zero attached hydrogens (tertiary/aromatic N) is 1.